The van der Waals surface area contributed by atoms with Crippen LogP contribution >= 0.6 is 11.3 Å². The lowest BCUT2D eigenvalue weighted by molar-refractivity contribution is -0.118. The number of hydrogen-bond donors (Lipinski definition) is 2. The fourth-order valence-corrected chi connectivity index (χ4v) is 3.28. The van der Waals surface area contributed by atoms with Crippen LogP contribution in [0.15, 0.2) is 54.2 Å². The average molecular weight is 410 g/mol. The summed E-state index contributed by atoms with van der Waals surface area (Å²) in [7, 11) is 0. The summed E-state index contributed by atoms with van der Waals surface area (Å²) in [4.78, 5) is 33.8. The smallest absolute Gasteiger partial charge is 0.321 e. The molecule has 8 heteroatoms. The van der Waals surface area contributed by atoms with Gasteiger partial charge in [-0.2, -0.15) is 0 Å². The molecule has 1 atom stereocenters. The summed E-state index contributed by atoms with van der Waals surface area (Å²) in [6.45, 7) is 5.65. The van der Waals surface area contributed by atoms with Crippen molar-refractivity contribution in [3.63, 3.8) is 0 Å². The Morgan fingerprint density at radius 3 is 2.48 bits per heavy atom. The van der Waals surface area contributed by atoms with Crippen LogP contribution in [0.5, 0.6) is 11.8 Å². The Kier molecular flexibility index (Phi) is 6.56. The summed E-state index contributed by atoms with van der Waals surface area (Å²) in [5.41, 5.74) is 1.46. The molecule has 0 radical (unpaired) electrons. The van der Waals surface area contributed by atoms with Crippen LogP contribution in [0.1, 0.15) is 29.1 Å². The highest BCUT2D eigenvalue weighted by Crippen LogP contribution is 2.24. The molecule has 2 aromatic heterocycles. The topological polar surface area (TPSA) is 93.2 Å². The number of rotatable bonds is 7. The fourth-order valence-electron chi connectivity index (χ4n) is 2.65. The van der Waals surface area contributed by atoms with Crippen LogP contribution < -0.4 is 15.4 Å². The third-order valence-electron chi connectivity index (χ3n) is 4.19. The van der Waals surface area contributed by atoms with E-state index in [2.05, 4.69) is 20.6 Å². The molecule has 0 aliphatic carbocycles. The van der Waals surface area contributed by atoms with Crippen molar-refractivity contribution in [2.45, 2.75) is 26.8 Å². The minimum Gasteiger partial charge on any atom is -0.424 e. The summed E-state index contributed by atoms with van der Waals surface area (Å²) < 4.78 is 5.61. The zero-order valence-corrected chi connectivity index (χ0v) is 17.2. The number of nitrogens with zero attached hydrogens (tertiary/aromatic N) is 2. The average Bonchev–Trinajstić information content (AvgIpc) is 3.23. The third kappa shape index (κ3) is 5.39. The van der Waals surface area contributed by atoms with Gasteiger partial charge in [-0.05, 0) is 54.1 Å². The molecule has 7 nitrogen and oxygen atoms in total. The minimum absolute atomic E-state index is 0.0722. The predicted molar refractivity (Wildman–Crippen MR) is 112 cm³/mol. The zero-order chi connectivity index (χ0) is 20.8. The number of anilines is 1. The van der Waals surface area contributed by atoms with E-state index in [1.54, 1.807) is 48.8 Å². The van der Waals surface area contributed by atoms with Crippen LogP contribution in [0.3, 0.4) is 0 Å². The maximum atomic E-state index is 12.8. The molecule has 0 saturated carbocycles. The zero-order valence-electron chi connectivity index (χ0n) is 16.4. The lowest BCUT2D eigenvalue weighted by atomic mass is 10.0. The molecule has 0 spiro atoms. The van der Waals surface area contributed by atoms with Crippen molar-refractivity contribution >= 4 is 28.8 Å². The lowest BCUT2D eigenvalue weighted by Gasteiger charge is -2.22. The van der Waals surface area contributed by atoms with Crippen molar-refractivity contribution < 1.29 is 14.3 Å². The summed E-state index contributed by atoms with van der Waals surface area (Å²) in [5, 5.41) is 7.54. The van der Waals surface area contributed by atoms with E-state index >= 15 is 0 Å². The standard InChI is InChI=1S/C21H22N4O3S/c1-13(2)18(25-19(26)17-6-4-11-29-17)20(27)24-16-8-7-15(12-14(16)3)28-21-22-9-5-10-23-21/h4-13,18H,1-3H3,(H,24,27)(H,25,26). The van der Waals surface area contributed by atoms with Crippen LogP contribution in [0.4, 0.5) is 5.69 Å². The molecular weight excluding hydrogens is 388 g/mol. The molecule has 0 aliphatic heterocycles. The van der Waals surface area contributed by atoms with Crippen LogP contribution in [0.2, 0.25) is 0 Å². The number of carbonyl (C=O) groups excluding carboxylic acids is 2. The van der Waals surface area contributed by atoms with Crippen molar-refractivity contribution in [2.75, 3.05) is 5.32 Å². The molecule has 3 rings (SSSR count). The van der Waals surface area contributed by atoms with Gasteiger partial charge in [0, 0.05) is 18.1 Å². The summed E-state index contributed by atoms with van der Waals surface area (Å²) in [5.74, 6) is -0.0274. The van der Waals surface area contributed by atoms with E-state index in [1.165, 1.54) is 11.3 Å². The van der Waals surface area contributed by atoms with Crippen molar-refractivity contribution in [1.82, 2.24) is 15.3 Å². The van der Waals surface area contributed by atoms with Crippen molar-refractivity contribution in [3.05, 3.63) is 64.6 Å². The fraction of sp³-hybridized carbons (Fsp3) is 0.238. The molecule has 1 aromatic carbocycles. The van der Waals surface area contributed by atoms with Crippen LogP contribution in [0, 0.1) is 12.8 Å². The Bertz CT molecular complexity index is 975. The van der Waals surface area contributed by atoms with E-state index in [0.29, 0.717) is 16.3 Å². The van der Waals surface area contributed by atoms with E-state index < -0.39 is 6.04 Å². The number of carbonyl (C=O) groups is 2. The number of amides is 2. The molecular formula is C21H22N4O3S. The highest BCUT2D eigenvalue weighted by Gasteiger charge is 2.25. The van der Waals surface area contributed by atoms with E-state index in [-0.39, 0.29) is 23.7 Å². The lowest BCUT2D eigenvalue weighted by Crippen LogP contribution is -2.47. The number of thiophene rings is 1. The number of benzene rings is 1. The molecule has 2 amide bonds. The van der Waals surface area contributed by atoms with E-state index in [1.807, 2.05) is 26.2 Å². The summed E-state index contributed by atoms with van der Waals surface area (Å²) >= 11 is 1.34. The predicted octanol–water partition coefficient (Wildman–Crippen LogP) is 4.03. The summed E-state index contributed by atoms with van der Waals surface area (Å²) in [6.07, 6.45) is 3.20. The van der Waals surface area contributed by atoms with Gasteiger partial charge in [0.2, 0.25) is 5.91 Å². The first-order valence-electron chi connectivity index (χ1n) is 9.15. The quantitative estimate of drug-likeness (QED) is 0.613. The molecule has 2 N–H and O–H groups in total. The Balaban J connectivity index is 1.68. The van der Waals surface area contributed by atoms with Gasteiger partial charge >= 0.3 is 6.01 Å². The first-order valence-corrected chi connectivity index (χ1v) is 10.0. The number of ether oxygens (including phenoxy) is 1. The number of nitrogens with one attached hydrogen (secondary N) is 2. The highest BCUT2D eigenvalue weighted by molar-refractivity contribution is 7.12. The molecule has 150 valence electrons. The normalized spacial score (nSPS) is 11.7. The Morgan fingerprint density at radius 2 is 1.86 bits per heavy atom. The number of hydrogen-bond acceptors (Lipinski definition) is 6. The molecule has 0 fully saturated rings. The van der Waals surface area contributed by atoms with Crippen molar-refractivity contribution in [3.8, 4) is 11.8 Å². The maximum Gasteiger partial charge on any atom is 0.321 e. The highest BCUT2D eigenvalue weighted by atomic mass is 32.1. The van der Waals surface area contributed by atoms with Gasteiger partial charge in [-0.25, -0.2) is 9.97 Å². The molecule has 3 aromatic rings. The third-order valence-corrected chi connectivity index (χ3v) is 5.06. The van der Waals surface area contributed by atoms with Crippen LogP contribution in [-0.2, 0) is 4.79 Å². The van der Waals surface area contributed by atoms with Gasteiger partial charge in [0.1, 0.15) is 11.8 Å². The van der Waals surface area contributed by atoms with Gasteiger partial charge in [0.25, 0.3) is 5.91 Å². The Labute approximate surface area is 173 Å². The summed E-state index contributed by atoms with van der Waals surface area (Å²) in [6, 6.07) is 10.1. The molecule has 0 bridgehead atoms. The molecule has 2 heterocycles. The van der Waals surface area contributed by atoms with Crippen LogP contribution in [-0.4, -0.2) is 27.8 Å². The van der Waals surface area contributed by atoms with E-state index in [9.17, 15) is 9.59 Å². The van der Waals surface area contributed by atoms with Crippen LogP contribution in [0.25, 0.3) is 0 Å². The molecule has 0 aliphatic rings. The number of aryl methyl sites for hydroxylation is 1. The van der Waals surface area contributed by atoms with Crippen molar-refractivity contribution in [2.24, 2.45) is 5.92 Å². The second-order valence-corrected chi connectivity index (χ2v) is 7.72. The Hall–Kier alpha value is -3.26. The minimum atomic E-state index is -0.655. The van der Waals surface area contributed by atoms with Gasteiger partial charge < -0.3 is 15.4 Å². The molecule has 1 unspecified atom stereocenters. The monoisotopic (exact) mass is 410 g/mol. The first kappa shape index (κ1) is 20.5. The second kappa shape index (κ2) is 9.29. The van der Waals surface area contributed by atoms with Gasteiger partial charge in [0.05, 0.1) is 4.88 Å². The number of aromatic nitrogens is 2. The van der Waals surface area contributed by atoms with Crippen molar-refractivity contribution in [1.29, 1.82) is 0 Å². The second-order valence-electron chi connectivity index (χ2n) is 6.77. The maximum absolute atomic E-state index is 12.8. The molecule has 0 saturated heterocycles. The SMILES string of the molecule is Cc1cc(Oc2ncccn2)ccc1NC(=O)C(NC(=O)c1cccs1)C(C)C. The first-order chi connectivity index (χ1) is 13.9. The van der Waals surface area contributed by atoms with Gasteiger partial charge in [-0.3, -0.25) is 9.59 Å². The van der Waals surface area contributed by atoms with E-state index in [0.717, 1.165) is 5.56 Å². The molecule has 29 heavy (non-hydrogen) atoms. The largest absolute Gasteiger partial charge is 0.424 e. The van der Waals surface area contributed by atoms with Gasteiger partial charge in [-0.1, -0.05) is 19.9 Å². The van der Waals surface area contributed by atoms with E-state index in [4.69, 9.17) is 4.74 Å². The van der Waals surface area contributed by atoms with Gasteiger partial charge in [0.15, 0.2) is 0 Å². The van der Waals surface area contributed by atoms with Gasteiger partial charge in [-0.15, -0.1) is 11.3 Å². The Morgan fingerprint density at radius 1 is 1.10 bits per heavy atom.